The van der Waals surface area contributed by atoms with Crippen LogP contribution in [0.15, 0.2) is 30.6 Å². The highest BCUT2D eigenvalue weighted by molar-refractivity contribution is 5.89. The molecule has 0 aliphatic carbocycles. The van der Waals surface area contributed by atoms with Crippen LogP contribution in [0, 0.1) is 0 Å². The second-order valence-corrected chi connectivity index (χ2v) is 5.61. The average molecular weight is 301 g/mol. The molecule has 0 radical (unpaired) electrons. The minimum atomic E-state index is -0.293. The fourth-order valence-electron chi connectivity index (χ4n) is 2.68. The lowest BCUT2D eigenvalue weighted by atomic mass is 9.75. The van der Waals surface area contributed by atoms with Gasteiger partial charge in [0.25, 0.3) is 0 Å². The van der Waals surface area contributed by atoms with Crippen molar-refractivity contribution in [2.24, 2.45) is 7.05 Å². The predicted octanol–water partition coefficient (Wildman–Crippen LogP) is 1.50. The van der Waals surface area contributed by atoms with Crippen LogP contribution >= 0.6 is 0 Å². The Labute approximate surface area is 129 Å². The summed E-state index contributed by atoms with van der Waals surface area (Å²) in [6.07, 6.45) is 2.42. The Morgan fingerprint density at radius 1 is 1.45 bits per heavy atom. The van der Waals surface area contributed by atoms with Gasteiger partial charge in [0.15, 0.2) is 0 Å². The summed E-state index contributed by atoms with van der Waals surface area (Å²) in [7, 11) is 1.93. The first-order valence-electron chi connectivity index (χ1n) is 7.33. The first kappa shape index (κ1) is 14.7. The summed E-state index contributed by atoms with van der Waals surface area (Å²) in [4.78, 5) is 11.9. The summed E-state index contributed by atoms with van der Waals surface area (Å²) in [5.74, 6) is 0.614. The Morgan fingerprint density at radius 2 is 2.27 bits per heavy atom. The second kappa shape index (κ2) is 5.88. The quantitative estimate of drug-likeness (QED) is 0.783. The van der Waals surface area contributed by atoms with Crippen LogP contribution in [-0.4, -0.2) is 40.6 Å². The van der Waals surface area contributed by atoms with E-state index in [1.165, 1.54) is 0 Å². The minimum absolute atomic E-state index is 0.150. The molecule has 2 aromatic rings. The molecule has 1 aliphatic rings. The number of hydrogen-bond donors (Lipinski definition) is 0. The lowest BCUT2D eigenvalue weighted by Crippen LogP contribution is -2.49. The van der Waals surface area contributed by atoms with Crippen molar-refractivity contribution in [1.82, 2.24) is 14.8 Å². The first-order valence-corrected chi connectivity index (χ1v) is 7.33. The topological polar surface area (TPSA) is 66.2 Å². The van der Waals surface area contributed by atoms with Crippen LogP contribution in [-0.2, 0) is 28.4 Å². The van der Waals surface area contributed by atoms with Gasteiger partial charge in [0.05, 0.1) is 25.4 Å². The zero-order chi connectivity index (χ0) is 15.6. The number of ether oxygens (including phenoxy) is 2. The van der Waals surface area contributed by atoms with Crippen LogP contribution in [0.1, 0.15) is 28.7 Å². The smallest absolute Gasteiger partial charge is 0.338 e. The third kappa shape index (κ3) is 2.62. The number of benzene rings is 1. The molecule has 0 amide bonds. The van der Waals surface area contributed by atoms with Crippen molar-refractivity contribution >= 4 is 5.97 Å². The van der Waals surface area contributed by atoms with E-state index in [1.807, 2.05) is 29.8 Å². The van der Waals surface area contributed by atoms with Crippen molar-refractivity contribution in [3.05, 3.63) is 47.5 Å². The maximum absolute atomic E-state index is 11.9. The fourth-order valence-corrected chi connectivity index (χ4v) is 2.68. The van der Waals surface area contributed by atoms with Gasteiger partial charge in [-0.15, -0.1) is 10.2 Å². The van der Waals surface area contributed by atoms with E-state index in [4.69, 9.17) is 9.47 Å². The lowest BCUT2D eigenvalue weighted by molar-refractivity contribution is -0.0611. The zero-order valence-electron chi connectivity index (χ0n) is 12.8. The molecule has 6 nitrogen and oxygen atoms in total. The molecular formula is C16H19N3O3. The summed E-state index contributed by atoms with van der Waals surface area (Å²) in [6, 6.07) is 7.59. The monoisotopic (exact) mass is 301 g/mol. The maximum Gasteiger partial charge on any atom is 0.338 e. The Balaban J connectivity index is 1.89. The van der Waals surface area contributed by atoms with E-state index in [0.717, 1.165) is 17.8 Å². The number of esters is 1. The van der Waals surface area contributed by atoms with Gasteiger partial charge >= 0.3 is 5.97 Å². The number of rotatable bonds is 5. The number of aromatic nitrogens is 3. The molecule has 1 aromatic carbocycles. The van der Waals surface area contributed by atoms with Crippen molar-refractivity contribution in [2.75, 3.05) is 19.8 Å². The molecule has 116 valence electrons. The highest BCUT2D eigenvalue weighted by Crippen LogP contribution is 2.35. The Morgan fingerprint density at radius 3 is 2.86 bits per heavy atom. The van der Waals surface area contributed by atoms with E-state index in [0.29, 0.717) is 25.4 Å². The molecule has 1 aromatic heterocycles. The van der Waals surface area contributed by atoms with E-state index in [1.54, 1.807) is 19.3 Å². The molecule has 0 bridgehead atoms. The van der Waals surface area contributed by atoms with Gasteiger partial charge in [0, 0.05) is 18.9 Å². The SMILES string of the molecule is CCOC(=O)c1cccc(C2(Cc3nncn3C)COC2)c1. The molecule has 1 fully saturated rings. The molecular weight excluding hydrogens is 282 g/mol. The van der Waals surface area contributed by atoms with Crippen LogP contribution in [0.2, 0.25) is 0 Å². The number of nitrogens with zero attached hydrogens (tertiary/aromatic N) is 3. The Hall–Kier alpha value is -2.21. The standard InChI is InChI=1S/C16H19N3O3/c1-3-22-15(20)12-5-4-6-13(7-12)16(9-21-10-16)8-14-18-17-11-19(14)2/h4-7,11H,3,8-10H2,1-2H3. The maximum atomic E-state index is 11.9. The molecule has 3 rings (SSSR count). The van der Waals surface area contributed by atoms with E-state index in [-0.39, 0.29) is 11.4 Å². The first-order chi connectivity index (χ1) is 10.6. The molecule has 0 atom stereocenters. The Kier molecular flexibility index (Phi) is 3.94. The summed E-state index contributed by atoms with van der Waals surface area (Å²) in [5, 5.41) is 8.09. The molecule has 22 heavy (non-hydrogen) atoms. The molecule has 1 aliphatic heterocycles. The van der Waals surface area contributed by atoms with E-state index >= 15 is 0 Å². The van der Waals surface area contributed by atoms with Crippen molar-refractivity contribution in [3.8, 4) is 0 Å². The van der Waals surface area contributed by atoms with Crippen molar-refractivity contribution in [3.63, 3.8) is 0 Å². The summed E-state index contributed by atoms with van der Waals surface area (Å²) >= 11 is 0. The highest BCUT2D eigenvalue weighted by Gasteiger charge is 2.41. The molecule has 0 unspecified atom stereocenters. The van der Waals surface area contributed by atoms with Crippen molar-refractivity contribution in [1.29, 1.82) is 0 Å². The van der Waals surface area contributed by atoms with Crippen LogP contribution in [0.5, 0.6) is 0 Å². The third-order valence-electron chi connectivity index (χ3n) is 4.04. The largest absolute Gasteiger partial charge is 0.462 e. The van der Waals surface area contributed by atoms with E-state index < -0.39 is 0 Å². The molecule has 0 N–H and O–H groups in total. The summed E-state index contributed by atoms with van der Waals surface area (Å²) in [6.45, 7) is 3.41. The summed E-state index contributed by atoms with van der Waals surface area (Å²) in [5.41, 5.74) is 1.50. The third-order valence-corrected chi connectivity index (χ3v) is 4.04. The molecule has 2 heterocycles. The van der Waals surface area contributed by atoms with Crippen LogP contribution in [0.3, 0.4) is 0 Å². The van der Waals surface area contributed by atoms with Gasteiger partial charge in [-0.05, 0) is 24.6 Å². The van der Waals surface area contributed by atoms with Crippen molar-refractivity contribution in [2.45, 2.75) is 18.8 Å². The number of hydrogen-bond acceptors (Lipinski definition) is 5. The second-order valence-electron chi connectivity index (χ2n) is 5.61. The van der Waals surface area contributed by atoms with E-state index in [2.05, 4.69) is 10.2 Å². The van der Waals surface area contributed by atoms with Gasteiger partial charge in [-0.1, -0.05) is 12.1 Å². The summed E-state index contributed by atoms with van der Waals surface area (Å²) < 4.78 is 12.4. The van der Waals surface area contributed by atoms with Gasteiger partial charge in [-0.3, -0.25) is 0 Å². The normalized spacial score (nSPS) is 16.1. The molecule has 0 spiro atoms. The number of carbonyl (C=O) groups excluding carboxylic acids is 1. The van der Waals surface area contributed by atoms with Crippen molar-refractivity contribution < 1.29 is 14.3 Å². The van der Waals surface area contributed by atoms with Gasteiger partial charge in [-0.2, -0.15) is 0 Å². The number of carbonyl (C=O) groups is 1. The van der Waals surface area contributed by atoms with Gasteiger partial charge < -0.3 is 14.0 Å². The molecule has 6 heteroatoms. The minimum Gasteiger partial charge on any atom is -0.462 e. The van der Waals surface area contributed by atoms with Crippen LogP contribution in [0.4, 0.5) is 0 Å². The lowest BCUT2D eigenvalue weighted by Gasteiger charge is -2.41. The number of aryl methyl sites for hydroxylation is 1. The van der Waals surface area contributed by atoms with Crippen LogP contribution < -0.4 is 0 Å². The molecule has 0 saturated carbocycles. The fraction of sp³-hybridized carbons (Fsp3) is 0.438. The van der Waals surface area contributed by atoms with Gasteiger partial charge in [-0.25, -0.2) is 4.79 Å². The average Bonchev–Trinajstić information content (AvgIpc) is 2.88. The highest BCUT2D eigenvalue weighted by atomic mass is 16.5. The van der Waals surface area contributed by atoms with Gasteiger partial charge in [0.2, 0.25) is 0 Å². The van der Waals surface area contributed by atoms with Crippen LogP contribution in [0.25, 0.3) is 0 Å². The van der Waals surface area contributed by atoms with Gasteiger partial charge in [0.1, 0.15) is 12.2 Å². The zero-order valence-corrected chi connectivity index (χ0v) is 12.8. The Bertz CT molecular complexity index is 677. The molecule has 1 saturated heterocycles. The predicted molar refractivity (Wildman–Crippen MR) is 79.6 cm³/mol. The van der Waals surface area contributed by atoms with E-state index in [9.17, 15) is 4.79 Å².